The van der Waals surface area contributed by atoms with Crippen molar-refractivity contribution >= 4 is 5.69 Å². The van der Waals surface area contributed by atoms with Gasteiger partial charge in [-0.05, 0) is 18.6 Å². The molecule has 3 rings (SSSR count). The summed E-state index contributed by atoms with van der Waals surface area (Å²) in [7, 11) is 0. The zero-order valence-electron chi connectivity index (χ0n) is 10.8. The molecule has 1 aliphatic heterocycles. The van der Waals surface area contributed by atoms with Crippen LogP contribution in [0.2, 0.25) is 0 Å². The number of nitrogens with one attached hydrogen (secondary N) is 1. The van der Waals surface area contributed by atoms with Gasteiger partial charge in [-0.2, -0.15) is 0 Å². The third-order valence-corrected chi connectivity index (χ3v) is 4.10. The molecule has 4 nitrogen and oxygen atoms in total. The lowest BCUT2D eigenvalue weighted by Gasteiger charge is -2.49. The number of hydrogen-bond donors (Lipinski definition) is 2. The second kappa shape index (κ2) is 4.05. The lowest BCUT2D eigenvalue weighted by molar-refractivity contribution is -0.0510. The molecule has 4 heteroatoms. The predicted octanol–water partition coefficient (Wildman–Crippen LogP) is 2.03. The maximum atomic E-state index is 9.73. The summed E-state index contributed by atoms with van der Waals surface area (Å²) in [5.74, 6) is 1.60. The SMILES string of the molecule is CC1(C)C(O)CC1Nc1ccc2c(c1)OCCO2. The van der Waals surface area contributed by atoms with Gasteiger partial charge in [-0.25, -0.2) is 0 Å². The molecule has 18 heavy (non-hydrogen) atoms. The highest BCUT2D eigenvalue weighted by molar-refractivity contribution is 5.56. The highest BCUT2D eigenvalue weighted by atomic mass is 16.6. The number of fused-ring (bicyclic) bond motifs is 1. The second-order valence-electron chi connectivity index (χ2n) is 5.63. The summed E-state index contributed by atoms with van der Waals surface area (Å²) in [5.41, 5.74) is 0.942. The van der Waals surface area contributed by atoms with Crippen molar-refractivity contribution in [2.24, 2.45) is 5.41 Å². The average Bonchev–Trinajstić information content (AvgIpc) is 2.38. The first kappa shape index (κ1) is 11.7. The number of rotatable bonds is 2. The van der Waals surface area contributed by atoms with Crippen LogP contribution >= 0.6 is 0 Å². The van der Waals surface area contributed by atoms with Crippen molar-refractivity contribution in [3.05, 3.63) is 18.2 Å². The van der Waals surface area contributed by atoms with Gasteiger partial charge in [0.1, 0.15) is 13.2 Å². The molecule has 0 bridgehead atoms. The van der Waals surface area contributed by atoms with Gasteiger partial charge in [-0.15, -0.1) is 0 Å². The first-order chi connectivity index (χ1) is 8.57. The maximum absolute atomic E-state index is 9.73. The molecular weight excluding hydrogens is 230 g/mol. The molecule has 2 atom stereocenters. The number of anilines is 1. The van der Waals surface area contributed by atoms with Crippen LogP contribution in [0, 0.1) is 5.41 Å². The van der Waals surface area contributed by atoms with Gasteiger partial charge in [-0.1, -0.05) is 13.8 Å². The number of aliphatic hydroxyl groups excluding tert-OH is 1. The van der Waals surface area contributed by atoms with Crippen LogP contribution in [0.25, 0.3) is 0 Å². The quantitative estimate of drug-likeness (QED) is 0.842. The minimum Gasteiger partial charge on any atom is -0.486 e. The molecule has 1 aromatic carbocycles. The van der Waals surface area contributed by atoms with Crippen molar-refractivity contribution in [1.82, 2.24) is 0 Å². The first-order valence-corrected chi connectivity index (χ1v) is 6.41. The highest BCUT2D eigenvalue weighted by Gasteiger charge is 2.47. The summed E-state index contributed by atoms with van der Waals surface area (Å²) >= 11 is 0. The molecule has 0 radical (unpaired) electrons. The zero-order valence-corrected chi connectivity index (χ0v) is 10.8. The molecule has 1 aromatic rings. The molecule has 0 spiro atoms. The highest BCUT2D eigenvalue weighted by Crippen LogP contribution is 2.43. The molecule has 0 amide bonds. The number of ether oxygens (including phenoxy) is 2. The number of aliphatic hydroxyl groups is 1. The Morgan fingerprint density at radius 3 is 2.61 bits per heavy atom. The van der Waals surface area contributed by atoms with Gasteiger partial charge in [0, 0.05) is 23.2 Å². The van der Waals surface area contributed by atoms with E-state index in [1.807, 2.05) is 18.2 Å². The van der Waals surface area contributed by atoms with E-state index in [1.165, 1.54) is 0 Å². The molecule has 2 N–H and O–H groups in total. The lowest BCUT2D eigenvalue weighted by Crippen LogP contribution is -2.56. The van der Waals surface area contributed by atoms with Gasteiger partial charge < -0.3 is 19.9 Å². The molecule has 0 saturated heterocycles. The fourth-order valence-corrected chi connectivity index (χ4v) is 2.48. The predicted molar refractivity (Wildman–Crippen MR) is 69.2 cm³/mol. The van der Waals surface area contributed by atoms with Gasteiger partial charge in [0.15, 0.2) is 11.5 Å². The van der Waals surface area contributed by atoms with Gasteiger partial charge in [0.2, 0.25) is 0 Å². The van der Waals surface area contributed by atoms with E-state index in [9.17, 15) is 5.11 Å². The Morgan fingerprint density at radius 1 is 1.22 bits per heavy atom. The van der Waals surface area contributed by atoms with Crippen molar-refractivity contribution in [3.8, 4) is 11.5 Å². The van der Waals surface area contributed by atoms with Crippen molar-refractivity contribution in [2.45, 2.75) is 32.4 Å². The Balaban J connectivity index is 1.74. The van der Waals surface area contributed by atoms with Crippen LogP contribution in [0.4, 0.5) is 5.69 Å². The third kappa shape index (κ3) is 1.81. The molecule has 1 saturated carbocycles. The lowest BCUT2D eigenvalue weighted by atomic mass is 9.64. The summed E-state index contributed by atoms with van der Waals surface area (Å²) in [6, 6.07) is 6.19. The van der Waals surface area contributed by atoms with Crippen LogP contribution < -0.4 is 14.8 Å². The molecule has 1 heterocycles. The Hall–Kier alpha value is -1.42. The van der Waals surface area contributed by atoms with E-state index in [0.29, 0.717) is 19.3 Å². The zero-order chi connectivity index (χ0) is 12.8. The monoisotopic (exact) mass is 249 g/mol. The topological polar surface area (TPSA) is 50.7 Å². The molecular formula is C14H19NO3. The van der Waals surface area contributed by atoms with Crippen LogP contribution in [0.1, 0.15) is 20.3 Å². The molecule has 1 aliphatic carbocycles. The van der Waals surface area contributed by atoms with Gasteiger partial charge in [0.25, 0.3) is 0 Å². The van der Waals surface area contributed by atoms with Gasteiger partial charge in [0.05, 0.1) is 6.10 Å². The average molecular weight is 249 g/mol. The standard InChI is InChI=1S/C14H19NO3/c1-14(2)12(8-13(14)16)15-9-3-4-10-11(7-9)18-6-5-17-10/h3-4,7,12-13,15-16H,5-6,8H2,1-2H3. The van der Waals surface area contributed by atoms with E-state index >= 15 is 0 Å². The number of benzene rings is 1. The Labute approximate surface area is 107 Å². The Morgan fingerprint density at radius 2 is 1.94 bits per heavy atom. The summed E-state index contributed by atoms with van der Waals surface area (Å²) in [6.07, 6.45) is 0.578. The number of hydrogen-bond acceptors (Lipinski definition) is 4. The molecule has 0 aromatic heterocycles. The van der Waals surface area contributed by atoms with Gasteiger partial charge >= 0.3 is 0 Å². The van der Waals surface area contributed by atoms with Crippen LogP contribution in [0.5, 0.6) is 11.5 Å². The third-order valence-electron chi connectivity index (χ3n) is 4.10. The molecule has 1 fully saturated rings. The fraction of sp³-hybridized carbons (Fsp3) is 0.571. The van der Waals surface area contributed by atoms with E-state index in [1.54, 1.807) is 0 Å². The van der Waals surface area contributed by atoms with E-state index < -0.39 is 0 Å². The van der Waals surface area contributed by atoms with E-state index in [0.717, 1.165) is 23.6 Å². The van der Waals surface area contributed by atoms with E-state index in [4.69, 9.17) is 9.47 Å². The van der Waals surface area contributed by atoms with Crippen LogP contribution in [0.15, 0.2) is 18.2 Å². The molecule has 2 aliphatic rings. The van der Waals surface area contributed by atoms with Gasteiger partial charge in [-0.3, -0.25) is 0 Å². The van der Waals surface area contributed by atoms with Crippen molar-refractivity contribution in [2.75, 3.05) is 18.5 Å². The Bertz CT molecular complexity index is 458. The minimum atomic E-state index is -0.216. The summed E-state index contributed by atoms with van der Waals surface area (Å²) in [4.78, 5) is 0. The normalized spacial score (nSPS) is 28.4. The summed E-state index contributed by atoms with van der Waals surface area (Å²) in [6.45, 7) is 5.37. The second-order valence-corrected chi connectivity index (χ2v) is 5.63. The van der Waals surface area contributed by atoms with E-state index in [2.05, 4.69) is 19.2 Å². The first-order valence-electron chi connectivity index (χ1n) is 6.41. The largest absolute Gasteiger partial charge is 0.486 e. The van der Waals surface area contributed by atoms with Crippen LogP contribution in [0.3, 0.4) is 0 Å². The minimum absolute atomic E-state index is 0.0761. The maximum Gasteiger partial charge on any atom is 0.163 e. The summed E-state index contributed by atoms with van der Waals surface area (Å²) in [5, 5.41) is 13.2. The van der Waals surface area contributed by atoms with Crippen molar-refractivity contribution in [1.29, 1.82) is 0 Å². The molecule has 2 unspecified atom stereocenters. The van der Waals surface area contributed by atoms with Crippen LogP contribution in [-0.2, 0) is 0 Å². The van der Waals surface area contributed by atoms with E-state index in [-0.39, 0.29) is 11.5 Å². The smallest absolute Gasteiger partial charge is 0.163 e. The summed E-state index contributed by atoms with van der Waals surface area (Å²) < 4.78 is 11.0. The van der Waals surface area contributed by atoms with Crippen LogP contribution in [-0.4, -0.2) is 30.5 Å². The molecule has 98 valence electrons. The Kier molecular flexibility index (Phi) is 2.63. The fourth-order valence-electron chi connectivity index (χ4n) is 2.48. The van der Waals surface area contributed by atoms with Crippen molar-refractivity contribution in [3.63, 3.8) is 0 Å². The van der Waals surface area contributed by atoms with Crippen molar-refractivity contribution < 1.29 is 14.6 Å².